The summed E-state index contributed by atoms with van der Waals surface area (Å²) in [6, 6.07) is 21.0. The second kappa shape index (κ2) is 8.26. The van der Waals surface area contributed by atoms with Crippen LogP contribution in [0.4, 0.5) is 11.4 Å². The number of aryl methyl sites for hydroxylation is 1. The van der Waals surface area contributed by atoms with Crippen LogP contribution >= 0.6 is 0 Å². The van der Waals surface area contributed by atoms with E-state index in [-0.39, 0.29) is 17.6 Å². The van der Waals surface area contributed by atoms with E-state index in [1.54, 1.807) is 29.3 Å². The largest absolute Gasteiger partial charge is 0.504 e. The van der Waals surface area contributed by atoms with Gasteiger partial charge in [-0.25, -0.2) is 9.96 Å². The normalized spacial score (nSPS) is 22.1. The highest BCUT2D eigenvalue weighted by Gasteiger charge is 2.60. The molecule has 2 fully saturated rings. The van der Waals surface area contributed by atoms with Gasteiger partial charge >= 0.3 is 0 Å². The Hall–Kier alpha value is -3.84. The third kappa shape index (κ3) is 3.50. The fourth-order valence-electron chi connectivity index (χ4n) is 4.49. The van der Waals surface area contributed by atoms with Crippen LogP contribution in [0.2, 0.25) is 0 Å². The van der Waals surface area contributed by atoms with Gasteiger partial charge in [-0.1, -0.05) is 42.0 Å². The maximum atomic E-state index is 13.6. The Morgan fingerprint density at radius 3 is 2.36 bits per heavy atom. The van der Waals surface area contributed by atoms with Crippen molar-refractivity contribution in [1.82, 2.24) is 0 Å². The first kappa shape index (κ1) is 21.0. The van der Waals surface area contributed by atoms with E-state index < -0.39 is 18.1 Å². The number of nitrogens with zero attached hydrogens (tertiary/aromatic N) is 2. The smallest absolute Gasteiger partial charge is 0.266 e. The van der Waals surface area contributed by atoms with E-state index >= 15 is 0 Å². The number of ether oxygens (including phenoxy) is 1. The lowest BCUT2D eigenvalue weighted by Crippen LogP contribution is -2.37. The van der Waals surface area contributed by atoms with Gasteiger partial charge < -0.3 is 9.84 Å². The average molecular weight is 444 g/mol. The number of fused-ring (bicyclic) bond motifs is 1. The zero-order chi connectivity index (χ0) is 23.1. The highest BCUT2D eigenvalue weighted by atomic mass is 16.7. The molecule has 1 N–H and O–H groups in total. The molecule has 3 aromatic carbocycles. The molecule has 0 radical (unpaired) electrons. The lowest BCUT2D eigenvalue weighted by molar-refractivity contribution is -0.126. The molecule has 0 bridgehead atoms. The number of phenols is 1. The van der Waals surface area contributed by atoms with E-state index in [2.05, 4.69) is 0 Å². The highest BCUT2D eigenvalue weighted by Crippen LogP contribution is 2.48. The van der Waals surface area contributed by atoms with E-state index in [9.17, 15) is 14.7 Å². The van der Waals surface area contributed by atoms with Crippen molar-refractivity contribution in [3.8, 4) is 11.5 Å². The van der Waals surface area contributed by atoms with Crippen LogP contribution in [0.3, 0.4) is 0 Å². The summed E-state index contributed by atoms with van der Waals surface area (Å²) in [7, 11) is 0. The SMILES string of the molecule is CCOc1cc([C@H]2[C@H]3C(=O)N(c4ccc(C)cc4)C(=O)[C@H]3ON2c2ccccc2)ccc1O. The number of rotatable bonds is 5. The molecule has 5 rings (SSSR count). The van der Waals surface area contributed by atoms with Gasteiger partial charge in [0.15, 0.2) is 17.6 Å². The van der Waals surface area contributed by atoms with Crippen LogP contribution in [0.5, 0.6) is 11.5 Å². The lowest BCUT2D eigenvalue weighted by atomic mass is 9.90. The molecule has 0 spiro atoms. The van der Waals surface area contributed by atoms with Crippen LogP contribution in [-0.4, -0.2) is 29.6 Å². The number of amides is 2. The number of hydrogen-bond donors (Lipinski definition) is 1. The van der Waals surface area contributed by atoms with Crippen LogP contribution in [0.25, 0.3) is 0 Å². The Bertz CT molecular complexity index is 1200. The highest BCUT2D eigenvalue weighted by molar-refractivity contribution is 6.23. The number of carbonyl (C=O) groups excluding carboxylic acids is 2. The first-order valence-corrected chi connectivity index (χ1v) is 10.9. The zero-order valence-electron chi connectivity index (χ0n) is 18.3. The summed E-state index contributed by atoms with van der Waals surface area (Å²) in [5.41, 5.74) is 3.00. The zero-order valence-corrected chi connectivity index (χ0v) is 18.3. The summed E-state index contributed by atoms with van der Waals surface area (Å²) >= 11 is 0. The predicted octanol–water partition coefficient (Wildman–Crippen LogP) is 4.15. The number of benzene rings is 3. The summed E-state index contributed by atoms with van der Waals surface area (Å²) in [6.07, 6.45) is -0.951. The van der Waals surface area contributed by atoms with E-state index in [1.807, 2.05) is 56.3 Å². The van der Waals surface area contributed by atoms with Crippen LogP contribution in [0, 0.1) is 12.8 Å². The lowest BCUT2D eigenvalue weighted by Gasteiger charge is -2.29. The molecular weight excluding hydrogens is 420 g/mol. The first-order valence-electron chi connectivity index (χ1n) is 10.9. The predicted molar refractivity (Wildman–Crippen MR) is 123 cm³/mol. The average Bonchev–Trinajstić information content (AvgIpc) is 3.33. The molecule has 7 heteroatoms. The summed E-state index contributed by atoms with van der Waals surface area (Å²) in [5.74, 6) is -1.13. The van der Waals surface area contributed by atoms with Crippen molar-refractivity contribution in [3.63, 3.8) is 0 Å². The monoisotopic (exact) mass is 444 g/mol. The molecule has 2 heterocycles. The van der Waals surface area contributed by atoms with Gasteiger partial charge in [-0.15, -0.1) is 0 Å². The van der Waals surface area contributed by atoms with Crippen molar-refractivity contribution in [2.24, 2.45) is 5.92 Å². The molecule has 0 unspecified atom stereocenters. The summed E-state index contributed by atoms with van der Waals surface area (Å²) in [4.78, 5) is 34.3. The molecule has 2 aliphatic rings. The molecule has 2 saturated heterocycles. The van der Waals surface area contributed by atoms with Crippen molar-refractivity contribution >= 4 is 23.2 Å². The minimum atomic E-state index is -0.951. The number of anilines is 2. The second-order valence-electron chi connectivity index (χ2n) is 8.17. The van der Waals surface area contributed by atoms with E-state index in [1.165, 1.54) is 11.0 Å². The van der Waals surface area contributed by atoms with Crippen LogP contribution in [0.15, 0.2) is 72.8 Å². The summed E-state index contributed by atoms with van der Waals surface area (Å²) in [6.45, 7) is 4.16. The van der Waals surface area contributed by atoms with Gasteiger partial charge in [0, 0.05) is 0 Å². The van der Waals surface area contributed by atoms with Gasteiger partial charge in [0.05, 0.1) is 24.0 Å². The molecule has 7 nitrogen and oxygen atoms in total. The first-order chi connectivity index (χ1) is 16.0. The van der Waals surface area contributed by atoms with Gasteiger partial charge in [-0.05, 0) is 55.8 Å². The number of hydroxylamine groups is 1. The third-order valence-corrected chi connectivity index (χ3v) is 6.04. The van der Waals surface area contributed by atoms with Crippen LogP contribution in [0.1, 0.15) is 24.1 Å². The van der Waals surface area contributed by atoms with Crippen molar-refractivity contribution in [2.75, 3.05) is 16.6 Å². The molecule has 0 aromatic heterocycles. The van der Waals surface area contributed by atoms with E-state index in [0.29, 0.717) is 23.6 Å². The minimum Gasteiger partial charge on any atom is -0.504 e. The van der Waals surface area contributed by atoms with Gasteiger partial charge in [0.2, 0.25) is 5.91 Å². The number of aromatic hydroxyl groups is 1. The standard InChI is InChI=1S/C26H24N2O5/c1-3-32-21-15-17(11-14-20(21)29)23-22-24(33-28(23)19-7-5-4-6-8-19)26(31)27(25(22)30)18-12-9-16(2)10-13-18/h4-15,22-24,29H,3H2,1-2H3/t22-,23+,24+/m1/s1. The number of para-hydroxylation sites is 1. The number of imide groups is 1. The second-order valence-corrected chi connectivity index (χ2v) is 8.17. The van der Waals surface area contributed by atoms with E-state index in [0.717, 1.165) is 11.3 Å². The molecule has 2 amide bonds. The summed E-state index contributed by atoms with van der Waals surface area (Å²) in [5, 5.41) is 11.8. The van der Waals surface area contributed by atoms with Gasteiger partial charge in [0.25, 0.3) is 5.91 Å². The quantitative estimate of drug-likeness (QED) is 0.596. The number of hydrogen-bond acceptors (Lipinski definition) is 6. The van der Waals surface area contributed by atoms with E-state index in [4.69, 9.17) is 9.57 Å². The van der Waals surface area contributed by atoms with Gasteiger partial charge in [0.1, 0.15) is 5.92 Å². The fourth-order valence-corrected chi connectivity index (χ4v) is 4.49. The van der Waals surface area contributed by atoms with Crippen molar-refractivity contribution < 1.29 is 24.3 Å². The molecule has 3 aromatic rings. The fraction of sp³-hybridized carbons (Fsp3) is 0.231. The molecule has 2 aliphatic heterocycles. The number of phenolic OH excluding ortho intramolecular Hbond substituents is 1. The Kier molecular flexibility index (Phi) is 5.26. The maximum Gasteiger partial charge on any atom is 0.266 e. The third-order valence-electron chi connectivity index (χ3n) is 6.04. The van der Waals surface area contributed by atoms with Gasteiger partial charge in [-0.2, -0.15) is 0 Å². The Morgan fingerprint density at radius 2 is 1.67 bits per heavy atom. The van der Waals surface area contributed by atoms with Crippen molar-refractivity contribution in [2.45, 2.75) is 26.0 Å². The maximum absolute atomic E-state index is 13.6. The topological polar surface area (TPSA) is 79.3 Å². The molecule has 168 valence electrons. The van der Waals surface area contributed by atoms with Crippen LogP contribution in [-0.2, 0) is 14.4 Å². The molecule has 0 aliphatic carbocycles. The van der Waals surface area contributed by atoms with Gasteiger partial charge in [-0.3, -0.25) is 14.4 Å². The number of carbonyl (C=O) groups is 2. The molecule has 3 atom stereocenters. The molecule has 0 saturated carbocycles. The Labute approximate surface area is 191 Å². The van der Waals surface area contributed by atoms with Crippen LogP contribution < -0.4 is 14.7 Å². The van der Waals surface area contributed by atoms with Crippen molar-refractivity contribution in [3.05, 3.63) is 83.9 Å². The van der Waals surface area contributed by atoms with Crippen molar-refractivity contribution in [1.29, 1.82) is 0 Å². The molecule has 33 heavy (non-hydrogen) atoms. The molecular formula is C26H24N2O5. The minimum absolute atomic E-state index is 0.0115. The Balaban J connectivity index is 1.59. The summed E-state index contributed by atoms with van der Waals surface area (Å²) < 4.78 is 5.57. The Morgan fingerprint density at radius 1 is 0.939 bits per heavy atom.